The summed E-state index contributed by atoms with van der Waals surface area (Å²) in [4.78, 5) is 37.6. The van der Waals surface area contributed by atoms with Crippen molar-refractivity contribution in [3.8, 4) is 38.8 Å². The van der Waals surface area contributed by atoms with Crippen LogP contribution in [0.2, 0.25) is 0 Å². The molecule has 0 bridgehead atoms. The molecule has 200 valence electrons. The van der Waals surface area contributed by atoms with E-state index in [2.05, 4.69) is 35.0 Å². The Hall–Kier alpha value is -4.48. The summed E-state index contributed by atoms with van der Waals surface area (Å²) in [5.74, 6) is 1.40. The summed E-state index contributed by atoms with van der Waals surface area (Å²) < 4.78 is 6.01. The zero-order valence-electron chi connectivity index (χ0n) is 21.8. The van der Waals surface area contributed by atoms with Gasteiger partial charge in [-0.2, -0.15) is 5.10 Å². The Morgan fingerprint density at radius 1 is 1.05 bits per heavy atom. The molecule has 6 aromatic heterocycles. The number of carbonyl (C=O) groups excluding carboxylic acids is 1. The van der Waals surface area contributed by atoms with Crippen molar-refractivity contribution in [3.63, 3.8) is 0 Å². The largest absolute Gasteiger partial charge is 0.491 e. The fourth-order valence-electron chi connectivity index (χ4n) is 5.10. The molecule has 6 aromatic rings. The van der Waals surface area contributed by atoms with Crippen LogP contribution < -0.4 is 4.74 Å². The molecule has 1 saturated heterocycles. The number of likely N-dealkylation sites (tertiary alicyclic amines) is 1. The smallest absolute Gasteiger partial charge is 0.181 e. The fraction of sp³-hybridized carbons (Fsp3) is 0.241. The molecule has 7 heterocycles. The second-order valence-electron chi connectivity index (χ2n) is 9.86. The lowest BCUT2D eigenvalue weighted by Gasteiger charge is -2.15. The van der Waals surface area contributed by atoms with Crippen molar-refractivity contribution in [1.29, 1.82) is 0 Å². The molecule has 0 spiro atoms. The Bertz CT molecular complexity index is 1850. The summed E-state index contributed by atoms with van der Waals surface area (Å²) in [6, 6.07) is 9.76. The first-order valence-corrected chi connectivity index (χ1v) is 14.0. The van der Waals surface area contributed by atoms with E-state index in [1.807, 2.05) is 36.5 Å². The highest BCUT2D eigenvalue weighted by Gasteiger charge is 2.18. The van der Waals surface area contributed by atoms with Crippen molar-refractivity contribution in [3.05, 3.63) is 60.0 Å². The van der Waals surface area contributed by atoms with Gasteiger partial charge in [-0.3, -0.25) is 19.8 Å². The second-order valence-corrected chi connectivity index (χ2v) is 10.9. The van der Waals surface area contributed by atoms with Crippen LogP contribution in [0, 0.1) is 0 Å². The lowest BCUT2D eigenvalue weighted by molar-refractivity contribution is 0.102. The SMILES string of the molecule is CC(=O)c1ccc(-c2ccnc3nc(-c4[nH]nc5ncc(-c6cncc(OCCN7CCCC7)c6)cc45)[nH]c23)s1. The number of carbonyl (C=O) groups is 1. The van der Waals surface area contributed by atoms with E-state index in [1.54, 1.807) is 25.5 Å². The predicted octanol–water partition coefficient (Wildman–Crippen LogP) is 5.36. The van der Waals surface area contributed by atoms with Crippen molar-refractivity contribution in [2.24, 2.45) is 0 Å². The zero-order chi connectivity index (χ0) is 27.1. The molecule has 0 amide bonds. The third-order valence-corrected chi connectivity index (χ3v) is 8.40. The standard InChI is InChI=1S/C29H26N8O2S/c1-17(38)23-4-5-24(40-23)21-6-7-31-28-25(21)33-29(34-28)26-22-13-19(15-32-27(22)36-35-26)18-12-20(16-30-14-18)39-11-10-37-8-2-3-9-37/h4-7,12-16H,2-3,8-11H2,1H3,(H,31,33,34)(H,32,35,36). The van der Waals surface area contributed by atoms with Gasteiger partial charge in [-0.05, 0) is 63.2 Å². The maximum absolute atomic E-state index is 11.8. The van der Waals surface area contributed by atoms with E-state index in [1.165, 1.54) is 24.2 Å². The summed E-state index contributed by atoms with van der Waals surface area (Å²) in [5.41, 5.74) is 5.43. The molecule has 0 radical (unpaired) electrons. The molecule has 0 saturated carbocycles. The minimum atomic E-state index is 0.0495. The molecule has 10 nitrogen and oxygen atoms in total. The van der Waals surface area contributed by atoms with Gasteiger partial charge < -0.3 is 9.72 Å². The Kier molecular flexibility index (Phi) is 6.29. The third-order valence-electron chi connectivity index (χ3n) is 7.18. The maximum atomic E-state index is 11.8. The molecular formula is C29H26N8O2S. The quantitative estimate of drug-likeness (QED) is 0.243. The number of Topliss-reactive ketones (excluding diaryl/α,β-unsaturated/α-hetero) is 1. The number of rotatable bonds is 8. The minimum Gasteiger partial charge on any atom is -0.491 e. The molecule has 1 aliphatic heterocycles. The first kappa shape index (κ1) is 24.6. The number of nitrogens with zero attached hydrogens (tertiary/aromatic N) is 6. The minimum absolute atomic E-state index is 0.0495. The first-order valence-electron chi connectivity index (χ1n) is 13.2. The molecule has 1 fully saturated rings. The maximum Gasteiger partial charge on any atom is 0.181 e. The van der Waals surface area contributed by atoms with E-state index in [-0.39, 0.29) is 5.78 Å². The summed E-state index contributed by atoms with van der Waals surface area (Å²) in [6.45, 7) is 5.44. The van der Waals surface area contributed by atoms with Crippen molar-refractivity contribution in [2.75, 3.05) is 26.2 Å². The monoisotopic (exact) mass is 550 g/mol. The number of pyridine rings is 3. The average Bonchev–Trinajstić information content (AvgIpc) is 3.78. The van der Waals surface area contributed by atoms with Gasteiger partial charge in [0, 0.05) is 46.7 Å². The molecule has 11 heteroatoms. The molecular weight excluding hydrogens is 524 g/mol. The number of aromatic amines is 2. The van der Waals surface area contributed by atoms with Crippen LogP contribution in [0.5, 0.6) is 5.75 Å². The van der Waals surface area contributed by atoms with Crippen LogP contribution >= 0.6 is 11.3 Å². The van der Waals surface area contributed by atoms with Gasteiger partial charge in [-0.25, -0.2) is 15.0 Å². The highest BCUT2D eigenvalue weighted by Crippen LogP contribution is 2.35. The fourth-order valence-corrected chi connectivity index (χ4v) is 6.03. The van der Waals surface area contributed by atoms with Crippen molar-refractivity contribution in [2.45, 2.75) is 19.8 Å². The van der Waals surface area contributed by atoms with Crippen LogP contribution in [0.4, 0.5) is 0 Å². The number of hydrogen-bond donors (Lipinski definition) is 2. The first-order chi connectivity index (χ1) is 19.6. The van der Waals surface area contributed by atoms with Crippen molar-refractivity contribution in [1.82, 2.24) is 40.0 Å². The lowest BCUT2D eigenvalue weighted by atomic mass is 10.1. The normalized spacial score (nSPS) is 13.9. The molecule has 0 aliphatic carbocycles. The Morgan fingerprint density at radius 3 is 2.77 bits per heavy atom. The second kappa shape index (κ2) is 10.2. The van der Waals surface area contributed by atoms with Gasteiger partial charge in [-0.1, -0.05) is 0 Å². The van der Waals surface area contributed by atoms with Gasteiger partial charge in [0.2, 0.25) is 0 Å². The third kappa shape index (κ3) is 4.63. The number of fused-ring (bicyclic) bond motifs is 2. The number of thiophene rings is 1. The molecule has 0 atom stereocenters. The number of aromatic nitrogens is 7. The molecule has 0 aromatic carbocycles. The van der Waals surface area contributed by atoms with Crippen LogP contribution in [-0.2, 0) is 0 Å². The number of hydrogen-bond acceptors (Lipinski definition) is 9. The van der Waals surface area contributed by atoms with E-state index >= 15 is 0 Å². The van der Waals surface area contributed by atoms with Gasteiger partial charge in [0.15, 0.2) is 22.9 Å². The van der Waals surface area contributed by atoms with Crippen molar-refractivity contribution < 1.29 is 9.53 Å². The van der Waals surface area contributed by atoms with E-state index < -0.39 is 0 Å². The summed E-state index contributed by atoms with van der Waals surface area (Å²) >= 11 is 1.46. The number of nitrogens with one attached hydrogen (secondary N) is 2. The number of ether oxygens (including phenoxy) is 1. The summed E-state index contributed by atoms with van der Waals surface area (Å²) in [6.07, 6.45) is 9.61. The van der Waals surface area contributed by atoms with Crippen LogP contribution in [-0.4, -0.2) is 72.0 Å². The van der Waals surface area contributed by atoms with Crippen molar-refractivity contribution >= 4 is 39.3 Å². The van der Waals surface area contributed by atoms with E-state index in [4.69, 9.17) is 9.72 Å². The van der Waals surface area contributed by atoms with Crippen LogP contribution in [0.1, 0.15) is 29.4 Å². The highest BCUT2D eigenvalue weighted by molar-refractivity contribution is 7.17. The van der Waals surface area contributed by atoms with E-state index in [9.17, 15) is 4.79 Å². The molecule has 2 N–H and O–H groups in total. The van der Waals surface area contributed by atoms with Gasteiger partial charge in [0.1, 0.15) is 18.1 Å². The molecule has 1 aliphatic rings. The number of ketones is 1. The molecule has 40 heavy (non-hydrogen) atoms. The van der Waals surface area contributed by atoms with E-state index in [0.717, 1.165) is 63.5 Å². The van der Waals surface area contributed by atoms with E-state index in [0.29, 0.717) is 28.6 Å². The Morgan fingerprint density at radius 2 is 1.93 bits per heavy atom. The molecule has 0 unspecified atom stereocenters. The number of imidazole rings is 1. The molecule has 7 rings (SSSR count). The highest BCUT2D eigenvalue weighted by atomic mass is 32.1. The summed E-state index contributed by atoms with van der Waals surface area (Å²) in [7, 11) is 0. The average molecular weight is 551 g/mol. The summed E-state index contributed by atoms with van der Waals surface area (Å²) in [5, 5.41) is 8.32. The zero-order valence-corrected chi connectivity index (χ0v) is 22.7. The Balaban J connectivity index is 1.20. The lowest BCUT2D eigenvalue weighted by Crippen LogP contribution is -2.25. The van der Waals surface area contributed by atoms with Gasteiger partial charge in [0.25, 0.3) is 0 Å². The predicted molar refractivity (Wildman–Crippen MR) is 154 cm³/mol. The number of H-pyrrole nitrogens is 2. The Labute approximate surface area is 233 Å². The van der Waals surface area contributed by atoms with Crippen LogP contribution in [0.15, 0.2) is 55.1 Å². The van der Waals surface area contributed by atoms with Crippen LogP contribution in [0.3, 0.4) is 0 Å². The van der Waals surface area contributed by atoms with Gasteiger partial charge in [-0.15, -0.1) is 11.3 Å². The van der Waals surface area contributed by atoms with Crippen LogP contribution in [0.25, 0.3) is 55.3 Å². The van der Waals surface area contributed by atoms with Gasteiger partial charge in [0.05, 0.1) is 22.0 Å². The van der Waals surface area contributed by atoms with Gasteiger partial charge >= 0.3 is 0 Å². The topological polar surface area (TPSA) is 126 Å².